The minimum Gasteiger partial charge on any atom is -0.384 e. The number of hydrogen-bond acceptors (Lipinski definition) is 2. The Labute approximate surface area is 73.4 Å². The van der Waals surface area contributed by atoms with E-state index in [0.29, 0.717) is 5.92 Å². The second kappa shape index (κ2) is 4.14. The molecule has 3 N–H and O–H groups in total. The third-order valence-corrected chi connectivity index (χ3v) is 2.22. The van der Waals surface area contributed by atoms with Crippen molar-refractivity contribution in [2.45, 2.75) is 39.0 Å². The van der Waals surface area contributed by atoms with Crippen LogP contribution in [0.4, 0.5) is 5.82 Å². The summed E-state index contributed by atoms with van der Waals surface area (Å²) in [5, 5.41) is 6.65. The maximum Gasteiger partial charge on any atom is 0.122 e. The fourth-order valence-corrected chi connectivity index (χ4v) is 1.36. The summed E-state index contributed by atoms with van der Waals surface area (Å²) in [6, 6.07) is 0. The van der Waals surface area contributed by atoms with E-state index in [4.69, 9.17) is 5.73 Å². The molecule has 0 amide bonds. The van der Waals surface area contributed by atoms with Crippen LogP contribution in [-0.4, -0.2) is 10.2 Å². The van der Waals surface area contributed by atoms with Crippen LogP contribution in [-0.2, 0) is 0 Å². The molecular weight excluding hydrogens is 150 g/mol. The van der Waals surface area contributed by atoms with Crippen LogP contribution in [0.15, 0.2) is 6.20 Å². The minimum atomic E-state index is 0.531. The second-order valence-electron chi connectivity index (χ2n) is 3.28. The fraction of sp³-hybridized carbons (Fsp3) is 0.667. The Morgan fingerprint density at radius 2 is 2.42 bits per heavy atom. The monoisotopic (exact) mass is 167 g/mol. The SMILES string of the molecule is CCCCC(C)c1cn[nH]c1N. The molecule has 0 aromatic carbocycles. The zero-order chi connectivity index (χ0) is 8.97. The van der Waals surface area contributed by atoms with Gasteiger partial charge in [0.1, 0.15) is 5.82 Å². The molecule has 0 fully saturated rings. The van der Waals surface area contributed by atoms with Crippen LogP contribution in [0.5, 0.6) is 0 Å². The predicted octanol–water partition coefficient (Wildman–Crippen LogP) is 2.29. The first kappa shape index (κ1) is 9.10. The average molecular weight is 167 g/mol. The fourth-order valence-electron chi connectivity index (χ4n) is 1.36. The van der Waals surface area contributed by atoms with E-state index < -0.39 is 0 Å². The number of nitrogens with one attached hydrogen (secondary N) is 1. The molecule has 3 nitrogen and oxygen atoms in total. The average Bonchev–Trinajstić information content (AvgIpc) is 2.47. The number of aromatic nitrogens is 2. The number of nitrogens with two attached hydrogens (primary N) is 1. The van der Waals surface area contributed by atoms with Crippen molar-refractivity contribution in [3.8, 4) is 0 Å². The lowest BCUT2D eigenvalue weighted by molar-refractivity contribution is 0.626. The molecule has 0 aliphatic rings. The number of H-pyrrole nitrogens is 1. The normalized spacial score (nSPS) is 13.2. The maximum absolute atomic E-state index is 5.70. The highest BCUT2D eigenvalue weighted by molar-refractivity contribution is 5.39. The summed E-state index contributed by atoms with van der Waals surface area (Å²) < 4.78 is 0. The van der Waals surface area contributed by atoms with E-state index in [1.54, 1.807) is 0 Å². The molecular formula is C9H17N3. The lowest BCUT2D eigenvalue weighted by Crippen LogP contribution is -1.96. The van der Waals surface area contributed by atoms with Crippen LogP contribution in [0.25, 0.3) is 0 Å². The molecule has 0 bridgehead atoms. The van der Waals surface area contributed by atoms with Gasteiger partial charge in [0.15, 0.2) is 0 Å². The first-order chi connectivity index (χ1) is 5.75. The van der Waals surface area contributed by atoms with Crippen molar-refractivity contribution in [3.05, 3.63) is 11.8 Å². The highest BCUT2D eigenvalue weighted by Gasteiger charge is 2.09. The van der Waals surface area contributed by atoms with Gasteiger partial charge in [0.25, 0.3) is 0 Å². The first-order valence-corrected chi connectivity index (χ1v) is 4.54. The van der Waals surface area contributed by atoms with Crippen LogP contribution in [0.2, 0.25) is 0 Å². The van der Waals surface area contributed by atoms with Crippen LogP contribution < -0.4 is 5.73 Å². The third-order valence-electron chi connectivity index (χ3n) is 2.22. The molecule has 1 heterocycles. The van der Waals surface area contributed by atoms with Crippen LogP contribution in [0.3, 0.4) is 0 Å². The van der Waals surface area contributed by atoms with Crippen LogP contribution in [0, 0.1) is 0 Å². The molecule has 0 spiro atoms. The summed E-state index contributed by atoms with van der Waals surface area (Å²) >= 11 is 0. The Kier molecular flexibility index (Phi) is 3.14. The molecule has 0 saturated carbocycles. The smallest absolute Gasteiger partial charge is 0.122 e. The number of nitrogen functional groups attached to an aromatic ring is 1. The summed E-state index contributed by atoms with van der Waals surface area (Å²) in [4.78, 5) is 0. The standard InChI is InChI=1S/C9H17N3/c1-3-4-5-7(2)8-6-11-12-9(8)10/h6-7H,3-5H2,1-2H3,(H3,10,11,12). The van der Waals surface area contributed by atoms with Gasteiger partial charge in [-0.1, -0.05) is 26.7 Å². The van der Waals surface area contributed by atoms with Gasteiger partial charge in [0, 0.05) is 5.56 Å². The largest absolute Gasteiger partial charge is 0.384 e. The topological polar surface area (TPSA) is 54.7 Å². The van der Waals surface area contributed by atoms with Gasteiger partial charge >= 0.3 is 0 Å². The van der Waals surface area contributed by atoms with Gasteiger partial charge in [0.05, 0.1) is 6.20 Å². The molecule has 0 aliphatic heterocycles. The number of nitrogens with zero attached hydrogens (tertiary/aromatic N) is 1. The minimum absolute atomic E-state index is 0.531. The van der Waals surface area contributed by atoms with E-state index in [0.717, 1.165) is 11.4 Å². The van der Waals surface area contributed by atoms with E-state index >= 15 is 0 Å². The Hall–Kier alpha value is -0.990. The number of hydrogen-bond donors (Lipinski definition) is 2. The van der Waals surface area contributed by atoms with E-state index in [2.05, 4.69) is 24.0 Å². The summed E-state index contributed by atoms with van der Waals surface area (Å²) in [5.74, 6) is 1.25. The molecule has 0 radical (unpaired) electrons. The Morgan fingerprint density at radius 3 is 2.92 bits per heavy atom. The summed E-state index contributed by atoms with van der Waals surface area (Å²) in [6.07, 6.45) is 5.52. The van der Waals surface area contributed by atoms with Crippen molar-refractivity contribution < 1.29 is 0 Å². The Balaban J connectivity index is 2.52. The second-order valence-corrected chi connectivity index (χ2v) is 3.28. The van der Waals surface area contributed by atoms with E-state index in [-0.39, 0.29) is 0 Å². The molecule has 1 rings (SSSR count). The summed E-state index contributed by atoms with van der Waals surface area (Å²) in [6.45, 7) is 4.39. The summed E-state index contributed by atoms with van der Waals surface area (Å²) in [5.41, 5.74) is 6.85. The molecule has 1 aromatic rings. The van der Waals surface area contributed by atoms with E-state index in [1.807, 2.05) is 6.20 Å². The Bertz CT molecular complexity index is 229. The third kappa shape index (κ3) is 2.00. The molecule has 1 aromatic heterocycles. The lowest BCUT2D eigenvalue weighted by Gasteiger charge is -2.08. The van der Waals surface area contributed by atoms with E-state index in [1.165, 1.54) is 19.3 Å². The van der Waals surface area contributed by atoms with Gasteiger partial charge in [-0.3, -0.25) is 5.10 Å². The molecule has 1 unspecified atom stereocenters. The first-order valence-electron chi connectivity index (χ1n) is 4.54. The highest BCUT2D eigenvalue weighted by atomic mass is 15.1. The molecule has 0 aliphatic carbocycles. The molecule has 0 saturated heterocycles. The van der Waals surface area contributed by atoms with Crippen molar-refractivity contribution in [1.29, 1.82) is 0 Å². The van der Waals surface area contributed by atoms with Gasteiger partial charge in [-0.25, -0.2) is 0 Å². The molecule has 68 valence electrons. The van der Waals surface area contributed by atoms with Crippen molar-refractivity contribution in [2.75, 3.05) is 5.73 Å². The lowest BCUT2D eigenvalue weighted by atomic mass is 9.98. The highest BCUT2D eigenvalue weighted by Crippen LogP contribution is 2.24. The van der Waals surface area contributed by atoms with E-state index in [9.17, 15) is 0 Å². The zero-order valence-electron chi connectivity index (χ0n) is 7.80. The van der Waals surface area contributed by atoms with Gasteiger partial charge in [-0.15, -0.1) is 0 Å². The molecule has 3 heteroatoms. The molecule has 12 heavy (non-hydrogen) atoms. The van der Waals surface area contributed by atoms with Gasteiger partial charge in [-0.05, 0) is 12.3 Å². The Morgan fingerprint density at radius 1 is 1.67 bits per heavy atom. The van der Waals surface area contributed by atoms with Crippen molar-refractivity contribution in [1.82, 2.24) is 10.2 Å². The van der Waals surface area contributed by atoms with Crippen molar-refractivity contribution in [3.63, 3.8) is 0 Å². The van der Waals surface area contributed by atoms with Gasteiger partial charge in [-0.2, -0.15) is 5.10 Å². The molecule has 1 atom stereocenters. The number of rotatable bonds is 4. The predicted molar refractivity (Wildman–Crippen MR) is 50.9 cm³/mol. The number of aromatic amines is 1. The van der Waals surface area contributed by atoms with Gasteiger partial charge < -0.3 is 5.73 Å². The number of anilines is 1. The van der Waals surface area contributed by atoms with Crippen LogP contribution in [0.1, 0.15) is 44.6 Å². The van der Waals surface area contributed by atoms with Crippen molar-refractivity contribution >= 4 is 5.82 Å². The summed E-state index contributed by atoms with van der Waals surface area (Å²) in [7, 11) is 0. The number of unbranched alkanes of at least 4 members (excludes halogenated alkanes) is 1. The van der Waals surface area contributed by atoms with Crippen LogP contribution >= 0.6 is 0 Å². The zero-order valence-corrected chi connectivity index (χ0v) is 7.80. The quantitative estimate of drug-likeness (QED) is 0.722. The maximum atomic E-state index is 5.70. The van der Waals surface area contributed by atoms with Crippen molar-refractivity contribution in [2.24, 2.45) is 0 Å². The van der Waals surface area contributed by atoms with Gasteiger partial charge in [0.2, 0.25) is 0 Å².